The highest BCUT2D eigenvalue weighted by molar-refractivity contribution is 7.89. The summed E-state index contributed by atoms with van der Waals surface area (Å²) in [6.07, 6.45) is 1.59. The van der Waals surface area contributed by atoms with Crippen LogP contribution >= 0.6 is 0 Å². The van der Waals surface area contributed by atoms with Gasteiger partial charge in [-0.3, -0.25) is 0 Å². The summed E-state index contributed by atoms with van der Waals surface area (Å²) < 4.78 is 31.7. The smallest absolute Gasteiger partial charge is 0.274 e. The molecule has 0 unspecified atom stereocenters. The van der Waals surface area contributed by atoms with Crippen LogP contribution in [0.1, 0.15) is 18.6 Å². The number of likely N-dealkylation sites (tertiary alicyclic amines) is 1. The van der Waals surface area contributed by atoms with Crippen LogP contribution in [0.4, 0.5) is 0 Å². The summed E-state index contributed by atoms with van der Waals surface area (Å²) in [7, 11) is -1.59. The molecule has 1 aliphatic rings. The lowest BCUT2D eigenvalue weighted by molar-refractivity contribution is 0.234. The number of rotatable bonds is 4. The molecule has 0 aliphatic carbocycles. The van der Waals surface area contributed by atoms with Gasteiger partial charge in [0.15, 0.2) is 0 Å². The topological polar surface area (TPSA) is 82.8 Å². The van der Waals surface area contributed by atoms with E-state index >= 15 is 0 Å². The SMILES string of the molecule is CN1CCC(NS(=O)(=O)c2ccc(CO)o2)CC1. The number of hydrogen-bond donors (Lipinski definition) is 2. The lowest BCUT2D eigenvalue weighted by atomic mass is 10.1. The van der Waals surface area contributed by atoms with Gasteiger partial charge in [-0.15, -0.1) is 0 Å². The summed E-state index contributed by atoms with van der Waals surface area (Å²) in [5.74, 6) is 0.249. The van der Waals surface area contributed by atoms with Crippen molar-refractivity contribution in [3.63, 3.8) is 0 Å². The van der Waals surface area contributed by atoms with Gasteiger partial charge in [0, 0.05) is 6.04 Å². The van der Waals surface area contributed by atoms with Crippen molar-refractivity contribution in [3.8, 4) is 0 Å². The first kappa shape index (κ1) is 13.5. The Bertz CT molecular complexity index is 489. The number of aliphatic hydroxyl groups excluding tert-OH is 1. The van der Waals surface area contributed by atoms with Gasteiger partial charge in [-0.25, -0.2) is 13.1 Å². The van der Waals surface area contributed by atoms with Gasteiger partial charge < -0.3 is 14.4 Å². The fraction of sp³-hybridized carbons (Fsp3) is 0.636. The van der Waals surface area contributed by atoms with E-state index in [0.717, 1.165) is 25.9 Å². The molecule has 18 heavy (non-hydrogen) atoms. The lowest BCUT2D eigenvalue weighted by Gasteiger charge is -2.28. The highest BCUT2D eigenvalue weighted by Crippen LogP contribution is 2.16. The molecule has 1 aromatic rings. The fourth-order valence-electron chi connectivity index (χ4n) is 1.99. The molecule has 0 bridgehead atoms. The fourth-order valence-corrected chi connectivity index (χ4v) is 3.25. The van der Waals surface area contributed by atoms with Gasteiger partial charge in [0.1, 0.15) is 12.4 Å². The van der Waals surface area contributed by atoms with Crippen LogP contribution in [-0.4, -0.2) is 44.6 Å². The Morgan fingerprint density at radius 1 is 1.44 bits per heavy atom. The second-order valence-electron chi connectivity index (χ2n) is 4.58. The van der Waals surface area contributed by atoms with Crippen molar-refractivity contribution in [2.24, 2.45) is 0 Å². The van der Waals surface area contributed by atoms with Crippen molar-refractivity contribution in [1.82, 2.24) is 9.62 Å². The van der Waals surface area contributed by atoms with E-state index in [2.05, 4.69) is 9.62 Å². The van der Waals surface area contributed by atoms with Gasteiger partial charge >= 0.3 is 0 Å². The zero-order chi connectivity index (χ0) is 13.2. The second kappa shape index (κ2) is 5.40. The zero-order valence-electron chi connectivity index (χ0n) is 10.3. The minimum absolute atomic E-state index is 0.0473. The first-order chi connectivity index (χ1) is 8.51. The maximum atomic E-state index is 12.0. The summed E-state index contributed by atoms with van der Waals surface area (Å²) >= 11 is 0. The van der Waals surface area contributed by atoms with E-state index in [9.17, 15) is 8.42 Å². The molecule has 6 nitrogen and oxygen atoms in total. The molecule has 0 amide bonds. The number of nitrogens with zero attached hydrogens (tertiary/aromatic N) is 1. The van der Waals surface area contributed by atoms with Crippen LogP contribution in [-0.2, 0) is 16.6 Å². The molecule has 2 rings (SSSR count). The molecule has 0 saturated carbocycles. The highest BCUT2D eigenvalue weighted by atomic mass is 32.2. The summed E-state index contributed by atoms with van der Waals surface area (Å²) in [5.41, 5.74) is 0. The molecule has 2 heterocycles. The molecule has 0 radical (unpaired) electrons. The lowest BCUT2D eigenvalue weighted by Crippen LogP contribution is -2.43. The predicted molar refractivity (Wildman–Crippen MR) is 65.5 cm³/mol. The first-order valence-corrected chi connectivity index (χ1v) is 7.40. The van der Waals surface area contributed by atoms with E-state index in [1.165, 1.54) is 12.1 Å². The Balaban J connectivity index is 2.03. The third-order valence-electron chi connectivity index (χ3n) is 3.10. The Morgan fingerprint density at radius 3 is 2.67 bits per heavy atom. The van der Waals surface area contributed by atoms with Crippen molar-refractivity contribution < 1.29 is 17.9 Å². The van der Waals surface area contributed by atoms with Crippen LogP contribution in [0.3, 0.4) is 0 Å². The Kier molecular flexibility index (Phi) is 4.06. The maximum Gasteiger partial charge on any atom is 0.274 e. The first-order valence-electron chi connectivity index (χ1n) is 5.92. The van der Waals surface area contributed by atoms with Crippen LogP contribution < -0.4 is 4.72 Å². The third kappa shape index (κ3) is 3.11. The van der Waals surface area contributed by atoms with Crippen LogP contribution in [0, 0.1) is 0 Å². The zero-order valence-corrected chi connectivity index (χ0v) is 11.1. The molecule has 1 aliphatic heterocycles. The molecule has 2 N–H and O–H groups in total. The van der Waals surface area contributed by atoms with E-state index in [0.29, 0.717) is 0 Å². The largest absolute Gasteiger partial charge is 0.446 e. The average Bonchev–Trinajstić information content (AvgIpc) is 2.81. The van der Waals surface area contributed by atoms with Gasteiger partial charge in [-0.2, -0.15) is 0 Å². The molecule has 0 atom stereocenters. The number of nitrogens with one attached hydrogen (secondary N) is 1. The maximum absolute atomic E-state index is 12.0. The number of aliphatic hydroxyl groups is 1. The molecule has 1 aromatic heterocycles. The van der Waals surface area contributed by atoms with Crippen molar-refractivity contribution in [2.75, 3.05) is 20.1 Å². The van der Waals surface area contributed by atoms with Crippen molar-refractivity contribution >= 4 is 10.0 Å². The molecule has 102 valence electrons. The van der Waals surface area contributed by atoms with Crippen molar-refractivity contribution in [2.45, 2.75) is 30.6 Å². The quantitative estimate of drug-likeness (QED) is 0.816. The normalized spacial score (nSPS) is 19.2. The summed E-state index contributed by atoms with van der Waals surface area (Å²) in [6.45, 7) is 1.46. The number of hydrogen-bond acceptors (Lipinski definition) is 5. The van der Waals surface area contributed by atoms with Gasteiger partial charge in [0.2, 0.25) is 5.09 Å². The molecule has 7 heteroatoms. The van der Waals surface area contributed by atoms with E-state index in [-0.39, 0.29) is 23.5 Å². The minimum Gasteiger partial charge on any atom is -0.446 e. The van der Waals surface area contributed by atoms with Gasteiger partial charge in [0.25, 0.3) is 10.0 Å². The molecule has 0 spiro atoms. The van der Waals surface area contributed by atoms with Crippen molar-refractivity contribution in [1.29, 1.82) is 0 Å². The number of sulfonamides is 1. The molecular formula is C11H18N2O4S. The van der Waals surface area contributed by atoms with Crippen LogP contribution in [0.15, 0.2) is 21.6 Å². The van der Waals surface area contributed by atoms with E-state index in [1.54, 1.807) is 0 Å². The Hall–Kier alpha value is -0.890. The monoisotopic (exact) mass is 274 g/mol. The standard InChI is InChI=1S/C11H18N2O4S/c1-13-6-4-9(5-7-13)12-18(15,16)11-3-2-10(8-14)17-11/h2-3,9,12,14H,4-8H2,1H3. The minimum atomic E-state index is -3.61. The number of piperidine rings is 1. The third-order valence-corrected chi connectivity index (χ3v) is 4.49. The van der Waals surface area contributed by atoms with Crippen LogP contribution in [0.5, 0.6) is 0 Å². The molecule has 0 aromatic carbocycles. The van der Waals surface area contributed by atoms with Crippen molar-refractivity contribution in [3.05, 3.63) is 17.9 Å². The van der Waals surface area contributed by atoms with Gasteiger partial charge in [-0.05, 0) is 45.1 Å². The predicted octanol–water partition coefficient (Wildman–Crippen LogP) is 0.144. The van der Waals surface area contributed by atoms with Crippen LogP contribution in [0.2, 0.25) is 0 Å². The number of furan rings is 1. The van der Waals surface area contributed by atoms with Gasteiger partial charge in [0.05, 0.1) is 0 Å². The molecule has 1 fully saturated rings. The Labute approximate surface area is 107 Å². The summed E-state index contributed by atoms with van der Waals surface area (Å²) in [6, 6.07) is 2.78. The molecule has 1 saturated heterocycles. The van der Waals surface area contributed by atoms with Crippen LogP contribution in [0.25, 0.3) is 0 Å². The second-order valence-corrected chi connectivity index (χ2v) is 6.22. The van der Waals surface area contributed by atoms with Gasteiger partial charge in [-0.1, -0.05) is 0 Å². The highest BCUT2D eigenvalue weighted by Gasteiger charge is 2.25. The summed E-state index contributed by atoms with van der Waals surface area (Å²) in [5, 5.41) is 8.72. The van der Waals surface area contributed by atoms with E-state index in [4.69, 9.17) is 9.52 Å². The van der Waals surface area contributed by atoms with E-state index in [1.807, 2.05) is 7.05 Å². The Morgan fingerprint density at radius 2 is 2.11 bits per heavy atom. The van der Waals surface area contributed by atoms with E-state index < -0.39 is 10.0 Å². The molecular weight excluding hydrogens is 256 g/mol. The average molecular weight is 274 g/mol. The summed E-state index contributed by atoms with van der Waals surface area (Å²) in [4.78, 5) is 2.17.